The fourth-order valence-corrected chi connectivity index (χ4v) is 25.1. The van der Waals surface area contributed by atoms with Crippen molar-refractivity contribution in [2.75, 3.05) is 6.61 Å². The maximum atomic E-state index is 6.63. The van der Waals surface area contributed by atoms with Gasteiger partial charge in [-0.15, -0.1) is 0 Å². The van der Waals surface area contributed by atoms with Crippen LogP contribution in [-0.2, 0) is 4.43 Å². The molecule has 0 N–H and O–H groups in total. The molecule has 1 rings (SSSR count). The normalized spacial score (nSPS) is 21.6. The van der Waals surface area contributed by atoms with Gasteiger partial charge in [-0.3, -0.25) is 0 Å². The molecule has 1 fully saturated rings. The fourth-order valence-electron chi connectivity index (χ4n) is 4.23. The molecule has 1 nitrogen and oxygen atoms in total. The van der Waals surface area contributed by atoms with Crippen molar-refractivity contribution in [2.45, 2.75) is 122 Å². The van der Waals surface area contributed by atoms with Gasteiger partial charge in [-0.05, 0) is 0 Å². The third kappa shape index (κ3) is 7.14. The van der Waals surface area contributed by atoms with Crippen LogP contribution in [0.3, 0.4) is 0 Å². The Hall–Kier alpha value is 0.976. The monoisotopic (exact) mass is 476 g/mol. The summed E-state index contributed by atoms with van der Waals surface area (Å²) in [6.07, 6.45) is 10.3. The minimum atomic E-state index is -1.98. The van der Waals surface area contributed by atoms with Gasteiger partial charge in [-0.25, -0.2) is 0 Å². The van der Waals surface area contributed by atoms with Crippen molar-refractivity contribution in [3.8, 4) is 0 Å². The molecule has 150 valence electrons. The molecular weight excluding hydrogens is 427 g/mol. The van der Waals surface area contributed by atoms with E-state index in [-0.39, 0.29) is 0 Å². The van der Waals surface area contributed by atoms with Crippen molar-refractivity contribution in [3.63, 3.8) is 0 Å². The second-order valence-corrected chi connectivity index (χ2v) is 29.3. The summed E-state index contributed by atoms with van der Waals surface area (Å²) in [5.41, 5.74) is 0. The van der Waals surface area contributed by atoms with E-state index < -0.39 is 26.7 Å². The van der Waals surface area contributed by atoms with Gasteiger partial charge in [-0.2, -0.15) is 0 Å². The van der Waals surface area contributed by atoms with Crippen molar-refractivity contribution in [2.24, 2.45) is 5.92 Å². The Labute approximate surface area is 165 Å². The van der Waals surface area contributed by atoms with Crippen LogP contribution in [0.4, 0.5) is 0 Å². The topological polar surface area (TPSA) is 9.23 Å². The predicted octanol–water partition coefficient (Wildman–Crippen LogP) is 8.25. The molecule has 0 aromatic carbocycles. The standard InChI is InChI=1S/C10H21OSi.3C4H9.Sn/c1-10(2,3)12(4,5)11-8-9-6-7-9;3*1-3-4-2;/h6,9H,7-8H2,1-5H3;3*1,3-4H2,2H3;/t9-;;;;/m1..../s1. The predicted molar refractivity (Wildman–Crippen MR) is 120 cm³/mol. The van der Waals surface area contributed by atoms with Crippen molar-refractivity contribution in [3.05, 3.63) is 0 Å². The molecule has 0 bridgehead atoms. The van der Waals surface area contributed by atoms with Gasteiger partial charge in [0.05, 0.1) is 0 Å². The number of rotatable bonds is 13. The Balaban J connectivity index is 2.73. The van der Waals surface area contributed by atoms with E-state index in [1.54, 1.807) is 13.3 Å². The molecule has 0 aliphatic heterocycles. The van der Waals surface area contributed by atoms with E-state index in [9.17, 15) is 0 Å². The Kier molecular flexibility index (Phi) is 10.1. The van der Waals surface area contributed by atoms with Gasteiger partial charge in [0.25, 0.3) is 0 Å². The summed E-state index contributed by atoms with van der Waals surface area (Å²) in [5.74, 6) is 0.940. The first-order valence-corrected chi connectivity index (χ1v) is 21.9. The van der Waals surface area contributed by atoms with E-state index in [4.69, 9.17) is 4.43 Å². The van der Waals surface area contributed by atoms with Crippen LogP contribution in [0, 0.1) is 5.92 Å². The van der Waals surface area contributed by atoms with Crippen LogP contribution in [-0.4, -0.2) is 33.3 Å². The summed E-state index contributed by atoms with van der Waals surface area (Å²) in [7, 11) is -1.57. The first kappa shape index (κ1) is 24.0. The number of hydrogen-bond donors (Lipinski definition) is 0. The molecule has 0 aromatic rings. The Morgan fingerprint density at radius 2 is 1.32 bits per heavy atom. The zero-order valence-corrected chi connectivity index (χ0v) is 22.7. The summed E-state index contributed by atoms with van der Waals surface area (Å²) in [4.78, 5) is 0. The molecule has 1 saturated carbocycles. The van der Waals surface area contributed by atoms with Gasteiger partial charge < -0.3 is 0 Å². The van der Waals surface area contributed by atoms with Crippen molar-refractivity contribution < 1.29 is 4.43 Å². The first-order valence-electron chi connectivity index (χ1n) is 11.3. The van der Waals surface area contributed by atoms with Gasteiger partial charge in [0.1, 0.15) is 0 Å². The molecule has 0 heterocycles. The second kappa shape index (κ2) is 10.5. The molecule has 0 saturated heterocycles. The Bertz CT molecular complexity index is 353. The molecule has 0 spiro atoms. The third-order valence-corrected chi connectivity index (χ3v) is 29.8. The molecule has 0 amide bonds. The van der Waals surface area contributed by atoms with Crippen LogP contribution in [0.5, 0.6) is 0 Å². The van der Waals surface area contributed by atoms with Gasteiger partial charge in [0.2, 0.25) is 0 Å². The average molecular weight is 475 g/mol. The van der Waals surface area contributed by atoms with Crippen LogP contribution in [0.15, 0.2) is 0 Å². The molecule has 25 heavy (non-hydrogen) atoms. The quantitative estimate of drug-likeness (QED) is 0.244. The van der Waals surface area contributed by atoms with E-state index >= 15 is 0 Å². The Morgan fingerprint density at radius 1 is 0.880 bits per heavy atom. The molecule has 0 unspecified atom stereocenters. The summed E-state index contributed by atoms with van der Waals surface area (Å²) in [5, 5.41) is 0.352. The minimum absolute atomic E-state index is 0.352. The zero-order valence-electron chi connectivity index (χ0n) is 18.8. The van der Waals surface area contributed by atoms with Crippen LogP contribution in [0.25, 0.3) is 0 Å². The fraction of sp³-hybridized carbons (Fsp3) is 1.00. The van der Waals surface area contributed by atoms with Gasteiger partial charge >= 0.3 is 166 Å². The van der Waals surface area contributed by atoms with Gasteiger partial charge in [0.15, 0.2) is 0 Å². The van der Waals surface area contributed by atoms with E-state index in [1.165, 1.54) is 44.9 Å². The second-order valence-electron chi connectivity index (χ2n) is 10.3. The van der Waals surface area contributed by atoms with Crippen LogP contribution in [0.1, 0.15) is 86.5 Å². The SMILES string of the molecule is CCC[CH2][Sn]([CH2]CCC)([CH2]CCC)[C@H]1C[C@@H]1CO[Si](C)(C)C(C)(C)C. The molecule has 1 aliphatic rings. The van der Waals surface area contributed by atoms with Crippen molar-refractivity contribution in [1.82, 2.24) is 0 Å². The summed E-state index contributed by atoms with van der Waals surface area (Å²) in [6.45, 7) is 20.2. The maximum absolute atomic E-state index is 6.63. The Morgan fingerprint density at radius 3 is 1.68 bits per heavy atom. The van der Waals surface area contributed by atoms with E-state index in [2.05, 4.69) is 54.6 Å². The average Bonchev–Trinajstić information content (AvgIpc) is 3.32. The zero-order chi connectivity index (χ0) is 19.1. The van der Waals surface area contributed by atoms with Crippen LogP contribution < -0.4 is 0 Å². The van der Waals surface area contributed by atoms with E-state index in [1.807, 2.05) is 0 Å². The molecule has 0 radical (unpaired) electrons. The van der Waals surface area contributed by atoms with Gasteiger partial charge in [-0.1, -0.05) is 0 Å². The van der Waals surface area contributed by atoms with Crippen molar-refractivity contribution >= 4 is 26.7 Å². The van der Waals surface area contributed by atoms with Crippen molar-refractivity contribution in [1.29, 1.82) is 0 Å². The van der Waals surface area contributed by atoms with Crippen LogP contribution >= 0.6 is 0 Å². The van der Waals surface area contributed by atoms with Crippen LogP contribution in [0.2, 0.25) is 35.4 Å². The summed E-state index contributed by atoms with van der Waals surface area (Å²) < 4.78 is 12.8. The molecule has 1 aliphatic carbocycles. The number of unbranched alkanes of at least 4 members (excludes halogenated alkanes) is 3. The van der Waals surface area contributed by atoms with E-state index in [0.717, 1.165) is 16.5 Å². The summed E-state index contributed by atoms with van der Waals surface area (Å²) in [6, 6.07) is 0. The molecule has 2 atom stereocenters. The molecule has 3 heteroatoms. The number of hydrogen-bond acceptors (Lipinski definition) is 1. The first-order chi connectivity index (χ1) is 11.6. The molecule has 0 aromatic heterocycles. The van der Waals surface area contributed by atoms with E-state index in [0.29, 0.717) is 5.04 Å². The molecular formula is C22H48OSiSn. The summed E-state index contributed by atoms with van der Waals surface area (Å²) >= 11 is -1.98. The third-order valence-electron chi connectivity index (χ3n) is 7.26. The van der Waals surface area contributed by atoms with Gasteiger partial charge in [0, 0.05) is 0 Å².